The standard InChI is InChI=1S/C15H8Cl5N3O3S/c16-10-11(17)13(19)15(14(20)12(10)18)27-6-9(24)22-21-5-7-1-3-8(4-2-7)23(25)26/h1-5H,6H2,(H,22,24). The number of hydrogen-bond donors (Lipinski definition) is 1. The second kappa shape index (κ2) is 9.82. The first-order chi connectivity index (χ1) is 12.7. The molecule has 1 N–H and O–H groups in total. The topological polar surface area (TPSA) is 84.6 Å². The quantitative estimate of drug-likeness (QED) is 0.133. The molecule has 0 aliphatic heterocycles. The number of halogens is 5. The molecule has 2 aromatic carbocycles. The molecule has 0 unspecified atom stereocenters. The van der Waals surface area contributed by atoms with Crippen LogP contribution in [0.15, 0.2) is 34.3 Å². The lowest BCUT2D eigenvalue weighted by molar-refractivity contribution is -0.384. The summed E-state index contributed by atoms with van der Waals surface area (Å²) >= 11 is 31.0. The molecule has 6 nitrogen and oxygen atoms in total. The maximum atomic E-state index is 11.9. The molecule has 0 aromatic heterocycles. The number of amides is 1. The van der Waals surface area contributed by atoms with Crippen LogP contribution >= 0.6 is 69.8 Å². The molecule has 0 saturated heterocycles. The third-order valence-electron chi connectivity index (χ3n) is 3.02. The summed E-state index contributed by atoms with van der Waals surface area (Å²) in [5.74, 6) is -0.502. The van der Waals surface area contributed by atoms with Gasteiger partial charge in [0, 0.05) is 17.0 Å². The summed E-state index contributed by atoms with van der Waals surface area (Å²) in [6.45, 7) is 0. The Morgan fingerprint density at radius 1 is 1.04 bits per heavy atom. The van der Waals surface area contributed by atoms with Crippen molar-refractivity contribution in [2.75, 3.05) is 5.75 Å². The van der Waals surface area contributed by atoms with E-state index < -0.39 is 10.8 Å². The van der Waals surface area contributed by atoms with Crippen molar-refractivity contribution in [2.24, 2.45) is 5.10 Å². The molecule has 0 atom stereocenters. The largest absolute Gasteiger partial charge is 0.272 e. The highest BCUT2D eigenvalue weighted by Gasteiger charge is 2.20. The van der Waals surface area contributed by atoms with Crippen LogP contribution in [-0.4, -0.2) is 22.8 Å². The molecule has 0 aliphatic carbocycles. The maximum absolute atomic E-state index is 11.9. The lowest BCUT2D eigenvalue weighted by atomic mass is 10.2. The van der Waals surface area contributed by atoms with Gasteiger partial charge >= 0.3 is 0 Å². The number of nitro benzene ring substituents is 1. The monoisotopic (exact) mass is 485 g/mol. The molecule has 27 heavy (non-hydrogen) atoms. The lowest BCUT2D eigenvalue weighted by Gasteiger charge is -2.11. The number of nitrogens with zero attached hydrogens (tertiary/aromatic N) is 2. The number of hydrogen-bond acceptors (Lipinski definition) is 5. The average Bonchev–Trinajstić information content (AvgIpc) is 2.65. The molecule has 0 heterocycles. The van der Waals surface area contributed by atoms with Crippen LogP contribution in [0.5, 0.6) is 0 Å². The number of nitrogens with one attached hydrogen (secondary N) is 1. The third kappa shape index (κ3) is 5.63. The van der Waals surface area contributed by atoms with Gasteiger partial charge < -0.3 is 0 Å². The predicted molar refractivity (Wildman–Crippen MR) is 111 cm³/mol. The lowest BCUT2D eigenvalue weighted by Crippen LogP contribution is -2.19. The molecule has 2 aromatic rings. The van der Waals surface area contributed by atoms with E-state index in [-0.39, 0.29) is 36.6 Å². The van der Waals surface area contributed by atoms with Crippen LogP contribution in [-0.2, 0) is 4.79 Å². The Hall–Kier alpha value is -1.22. The van der Waals surface area contributed by atoms with Gasteiger partial charge in [0.25, 0.3) is 5.69 Å². The zero-order valence-electron chi connectivity index (χ0n) is 13.0. The van der Waals surface area contributed by atoms with Gasteiger partial charge in [-0.05, 0) is 17.7 Å². The summed E-state index contributed by atoms with van der Waals surface area (Å²) in [5.41, 5.74) is 2.86. The number of rotatable bonds is 6. The normalized spacial score (nSPS) is 11.0. The Kier molecular flexibility index (Phi) is 8.03. The Balaban J connectivity index is 1.96. The van der Waals surface area contributed by atoms with Gasteiger partial charge in [0.05, 0.1) is 42.0 Å². The fraction of sp³-hybridized carbons (Fsp3) is 0.0667. The van der Waals surface area contributed by atoms with Crippen molar-refractivity contribution in [2.45, 2.75) is 4.90 Å². The van der Waals surface area contributed by atoms with Gasteiger partial charge in [0.15, 0.2) is 0 Å². The van der Waals surface area contributed by atoms with E-state index in [1.165, 1.54) is 30.5 Å². The zero-order chi connectivity index (χ0) is 20.1. The van der Waals surface area contributed by atoms with Crippen LogP contribution in [0.2, 0.25) is 25.1 Å². The first kappa shape index (κ1) is 22.1. The van der Waals surface area contributed by atoms with Crippen molar-refractivity contribution in [1.29, 1.82) is 0 Å². The first-order valence-corrected chi connectivity index (χ1v) is 9.80. The van der Waals surface area contributed by atoms with Gasteiger partial charge in [-0.15, -0.1) is 11.8 Å². The zero-order valence-corrected chi connectivity index (χ0v) is 17.6. The highest BCUT2D eigenvalue weighted by molar-refractivity contribution is 8.00. The van der Waals surface area contributed by atoms with Crippen LogP contribution in [0, 0.1) is 10.1 Å². The number of nitro groups is 1. The van der Waals surface area contributed by atoms with E-state index in [0.717, 1.165) is 11.8 Å². The van der Waals surface area contributed by atoms with Crippen molar-refractivity contribution in [1.82, 2.24) is 5.43 Å². The van der Waals surface area contributed by atoms with E-state index in [0.29, 0.717) is 10.5 Å². The second-order valence-electron chi connectivity index (χ2n) is 4.83. The molecule has 12 heteroatoms. The summed E-state index contributed by atoms with van der Waals surface area (Å²) in [6, 6.07) is 5.66. The van der Waals surface area contributed by atoms with E-state index in [1.807, 2.05) is 0 Å². The van der Waals surface area contributed by atoms with Gasteiger partial charge in [-0.3, -0.25) is 14.9 Å². The van der Waals surface area contributed by atoms with Crippen molar-refractivity contribution in [3.63, 3.8) is 0 Å². The maximum Gasteiger partial charge on any atom is 0.269 e. The van der Waals surface area contributed by atoms with Gasteiger partial charge in [-0.2, -0.15) is 5.10 Å². The Morgan fingerprint density at radius 3 is 2.07 bits per heavy atom. The SMILES string of the molecule is O=C(CSc1c(Cl)c(Cl)c(Cl)c(Cl)c1Cl)NN=Cc1ccc([N+](=O)[O-])cc1. The average molecular weight is 488 g/mol. The molecule has 0 aliphatic rings. The number of benzene rings is 2. The van der Waals surface area contributed by atoms with Gasteiger partial charge in [-0.25, -0.2) is 5.43 Å². The number of hydrazone groups is 1. The molecule has 0 saturated carbocycles. The number of carbonyl (C=O) groups is 1. The fourth-order valence-corrected chi connectivity index (χ4v) is 4.12. The molecular formula is C15H8Cl5N3O3S. The minimum Gasteiger partial charge on any atom is -0.272 e. The van der Waals surface area contributed by atoms with Crippen molar-refractivity contribution in [3.05, 3.63) is 65.1 Å². The molecule has 2 rings (SSSR count). The van der Waals surface area contributed by atoms with E-state index in [1.54, 1.807) is 0 Å². The van der Waals surface area contributed by atoms with E-state index >= 15 is 0 Å². The van der Waals surface area contributed by atoms with Crippen LogP contribution < -0.4 is 5.43 Å². The van der Waals surface area contributed by atoms with Crippen molar-refractivity contribution >= 4 is 87.6 Å². The molecule has 0 bridgehead atoms. The number of carbonyl (C=O) groups excluding carboxylic acids is 1. The predicted octanol–water partition coefficient (Wildman–Crippen LogP) is 6.10. The molecule has 142 valence electrons. The summed E-state index contributed by atoms with van der Waals surface area (Å²) in [4.78, 5) is 22.3. The first-order valence-electron chi connectivity index (χ1n) is 6.93. The van der Waals surface area contributed by atoms with Crippen molar-refractivity contribution in [3.8, 4) is 0 Å². The number of non-ortho nitro benzene ring substituents is 1. The van der Waals surface area contributed by atoms with Gasteiger partial charge in [-0.1, -0.05) is 58.0 Å². The summed E-state index contributed by atoms with van der Waals surface area (Å²) < 4.78 is 0. The Bertz CT molecular complexity index is 893. The van der Waals surface area contributed by atoms with Crippen LogP contribution in [0.4, 0.5) is 5.69 Å². The fourth-order valence-electron chi connectivity index (χ4n) is 1.74. The Labute approximate surface area is 182 Å². The van der Waals surface area contributed by atoms with Gasteiger partial charge in [0.1, 0.15) is 0 Å². The van der Waals surface area contributed by atoms with Crippen LogP contribution in [0.1, 0.15) is 5.56 Å². The smallest absolute Gasteiger partial charge is 0.269 e. The molecule has 0 spiro atoms. The summed E-state index contributed by atoms with van der Waals surface area (Å²) in [6.07, 6.45) is 1.35. The van der Waals surface area contributed by atoms with Crippen LogP contribution in [0.3, 0.4) is 0 Å². The highest BCUT2D eigenvalue weighted by atomic mass is 35.5. The van der Waals surface area contributed by atoms with Gasteiger partial charge in [0.2, 0.25) is 5.91 Å². The molecule has 0 radical (unpaired) electrons. The van der Waals surface area contributed by atoms with E-state index in [9.17, 15) is 14.9 Å². The minimum absolute atomic E-state index is 0.0369. The molecular weight excluding hydrogens is 480 g/mol. The summed E-state index contributed by atoms with van der Waals surface area (Å²) in [5, 5.41) is 14.7. The minimum atomic E-state index is -0.508. The van der Waals surface area contributed by atoms with Crippen molar-refractivity contribution < 1.29 is 9.72 Å². The van der Waals surface area contributed by atoms with E-state index in [2.05, 4.69) is 10.5 Å². The second-order valence-corrected chi connectivity index (χ2v) is 7.70. The van der Waals surface area contributed by atoms with Crippen LogP contribution in [0.25, 0.3) is 0 Å². The summed E-state index contributed by atoms with van der Waals surface area (Å²) in [7, 11) is 0. The Morgan fingerprint density at radius 2 is 1.56 bits per heavy atom. The number of thioether (sulfide) groups is 1. The molecule has 1 amide bonds. The third-order valence-corrected chi connectivity index (χ3v) is 6.63. The van der Waals surface area contributed by atoms with E-state index in [4.69, 9.17) is 58.0 Å². The molecule has 0 fully saturated rings. The highest BCUT2D eigenvalue weighted by Crippen LogP contribution is 2.47.